The molecule has 3 rings (SSSR count). The van der Waals surface area contributed by atoms with E-state index in [2.05, 4.69) is 31.3 Å². The molecule has 0 bridgehead atoms. The molecule has 134 valence electrons. The van der Waals surface area contributed by atoms with Crippen LogP contribution in [0.2, 0.25) is 0 Å². The molecule has 0 saturated carbocycles. The molecule has 1 saturated heterocycles. The van der Waals surface area contributed by atoms with Gasteiger partial charge in [0, 0.05) is 35.7 Å². The summed E-state index contributed by atoms with van der Waals surface area (Å²) in [6.45, 7) is 4.11. The number of methoxy groups -OCH3 is 1. The molecule has 7 nitrogen and oxygen atoms in total. The Bertz CT molecular complexity index is 728. The van der Waals surface area contributed by atoms with Gasteiger partial charge < -0.3 is 19.3 Å². The molecule has 0 spiro atoms. The van der Waals surface area contributed by atoms with Gasteiger partial charge in [-0.2, -0.15) is 0 Å². The number of aromatic nitrogens is 1. The SMILES string of the molecule is COc1ccc(Br)cc1CNC(=O)c1cc(CN2CCOCC2)on1. The van der Waals surface area contributed by atoms with Gasteiger partial charge in [0.05, 0.1) is 26.9 Å². The first kappa shape index (κ1) is 17.9. The fraction of sp³-hybridized carbons (Fsp3) is 0.412. The lowest BCUT2D eigenvalue weighted by atomic mass is 10.2. The van der Waals surface area contributed by atoms with E-state index in [4.69, 9.17) is 14.0 Å². The van der Waals surface area contributed by atoms with Crippen molar-refractivity contribution in [2.75, 3.05) is 33.4 Å². The first-order chi connectivity index (χ1) is 12.2. The van der Waals surface area contributed by atoms with Gasteiger partial charge >= 0.3 is 0 Å². The van der Waals surface area contributed by atoms with Crippen LogP contribution in [0.4, 0.5) is 0 Å². The minimum atomic E-state index is -0.279. The number of benzene rings is 1. The highest BCUT2D eigenvalue weighted by Crippen LogP contribution is 2.22. The van der Waals surface area contributed by atoms with E-state index in [1.54, 1.807) is 13.2 Å². The van der Waals surface area contributed by atoms with Gasteiger partial charge in [0.1, 0.15) is 5.75 Å². The van der Waals surface area contributed by atoms with E-state index in [-0.39, 0.29) is 11.6 Å². The second-order valence-corrected chi connectivity index (χ2v) is 6.62. The number of rotatable bonds is 6. The second-order valence-electron chi connectivity index (χ2n) is 5.71. The maximum absolute atomic E-state index is 12.3. The molecule has 0 atom stereocenters. The van der Waals surface area contributed by atoms with Crippen molar-refractivity contribution in [2.24, 2.45) is 0 Å². The fourth-order valence-electron chi connectivity index (χ4n) is 2.63. The van der Waals surface area contributed by atoms with Gasteiger partial charge in [0.15, 0.2) is 11.5 Å². The van der Waals surface area contributed by atoms with Gasteiger partial charge in [-0.05, 0) is 18.2 Å². The Labute approximate surface area is 154 Å². The van der Waals surface area contributed by atoms with E-state index in [9.17, 15) is 4.79 Å². The van der Waals surface area contributed by atoms with E-state index in [0.29, 0.717) is 18.8 Å². The zero-order valence-electron chi connectivity index (χ0n) is 14.0. The summed E-state index contributed by atoms with van der Waals surface area (Å²) in [5, 5.41) is 6.71. The molecule has 1 aromatic heterocycles. The predicted octanol–water partition coefficient (Wildman–Crippen LogP) is 2.21. The molecule has 1 N–H and O–H groups in total. The predicted molar refractivity (Wildman–Crippen MR) is 94.5 cm³/mol. The van der Waals surface area contributed by atoms with Gasteiger partial charge in [-0.1, -0.05) is 21.1 Å². The number of ether oxygens (including phenoxy) is 2. The molecule has 1 aliphatic rings. The Hall–Kier alpha value is -1.90. The van der Waals surface area contributed by atoms with Gasteiger partial charge in [-0.3, -0.25) is 9.69 Å². The number of halogens is 1. The number of nitrogens with zero attached hydrogens (tertiary/aromatic N) is 2. The Balaban J connectivity index is 1.57. The molecule has 8 heteroatoms. The lowest BCUT2D eigenvalue weighted by Crippen LogP contribution is -2.35. The molecule has 2 heterocycles. The fourth-order valence-corrected chi connectivity index (χ4v) is 3.03. The van der Waals surface area contributed by atoms with Crippen molar-refractivity contribution in [2.45, 2.75) is 13.1 Å². The number of hydrogen-bond donors (Lipinski definition) is 1. The summed E-state index contributed by atoms with van der Waals surface area (Å²) >= 11 is 3.42. The summed E-state index contributed by atoms with van der Waals surface area (Å²) in [6.07, 6.45) is 0. The summed E-state index contributed by atoms with van der Waals surface area (Å²) < 4.78 is 16.8. The molecule has 1 aromatic carbocycles. The van der Waals surface area contributed by atoms with E-state index < -0.39 is 0 Å². The van der Waals surface area contributed by atoms with Gasteiger partial charge in [-0.25, -0.2) is 0 Å². The third-order valence-corrected chi connectivity index (χ3v) is 4.45. The van der Waals surface area contributed by atoms with E-state index in [1.165, 1.54) is 0 Å². The van der Waals surface area contributed by atoms with Crippen LogP contribution in [0, 0.1) is 0 Å². The topological polar surface area (TPSA) is 76.8 Å². The van der Waals surface area contributed by atoms with Crippen LogP contribution in [0.3, 0.4) is 0 Å². The molecular weight excluding hydrogens is 390 g/mol. The van der Waals surface area contributed by atoms with Crippen molar-refractivity contribution in [3.8, 4) is 5.75 Å². The Morgan fingerprint density at radius 2 is 2.16 bits per heavy atom. The number of carbonyl (C=O) groups is 1. The standard InChI is InChI=1S/C17H20BrN3O4/c1-23-16-3-2-13(18)8-12(16)10-19-17(22)15-9-14(25-20-15)11-21-4-6-24-7-5-21/h2-3,8-9H,4-7,10-11H2,1H3,(H,19,22). The molecule has 1 fully saturated rings. The monoisotopic (exact) mass is 409 g/mol. The van der Waals surface area contributed by atoms with Crippen molar-refractivity contribution >= 4 is 21.8 Å². The molecule has 25 heavy (non-hydrogen) atoms. The molecule has 0 radical (unpaired) electrons. The molecular formula is C17H20BrN3O4. The zero-order valence-corrected chi connectivity index (χ0v) is 15.5. The summed E-state index contributed by atoms with van der Waals surface area (Å²) in [5.41, 5.74) is 1.15. The molecule has 0 unspecified atom stereocenters. The van der Waals surface area contributed by atoms with E-state index >= 15 is 0 Å². The largest absolute Gasteiger partial charge is 0.496 e. The normalized spacial score (nSPS) is 15.1. The van der Waals surface area contributed by atoms with Crippen LogP contribution in [-0.2, 0) is 17.8 Å². The average Bonchev–Trinajstić information content (AvgIpc) is 3.09. The Morgan fingerprint density at radius 1 is 1.36 bits per heavy atom. The quantitative estimate of drug-likeness (QED) is 0.787. The van der Waals surface area contributed by atoms with Crippen molar-refractivity contribution < 1.29 is 18.8 Å². The summed E-state index contributed by atoms with van der Waals surface area (Å²) in [4.78, 5) is 14.5. The van der Waals surface area contributed by atoms with Crippen molar-refractivity contribution in [3.63, 3.8) is 0 Å². The number of morpholine rings is 1. The third-order valence-electron chi connectivity index (χ3n) is 3.96. The van der Waals surface area contributed by atoms with E-state index in [0.717, 1.165) is 42.1 Å². The summed E-state index contributed by atoms with van der Waals surface area (Å²) in [6, 6.07) is 7.33. The van der Waals surface area contributed by atoms with Gasteiger partial charge in [-0.15, -0.1) is 0 Å². The number of carbonyl (C=O) groups excluding carboxylic acids is 1. The van der Waals surface area contributed by atoms with Crippen LogP contribution in [0.15, 0.2) is 33.3 Å². The van der Waals surface area contributed by atoms with Crippen LogP contribution < -0.4 is 10.1 Å². The lowest BCUT2D eigenvalue weighted by Gasteiger charge is -2.25. The van der Waals surface area contributed by atoms with Crippen LogP contribution in [0.1, 0.15) is 21.8 Å². The minimum absolute atomic E-state index is 0.275. The smallest absolute Gasteiger partial charge is 0.273 e. The lowest BCUT2D eigenvalue weighted by molar-refractivity contribution is 0.0305. The third kappa shape index (κ3) is 4.81. The van der Waals surface area contributed by atoms with Crippen molar-refractivity contribution in [1.82, 2.24) is 15.4 Å². The van der Waals surface area contributed by atoms with Crippen LogP contribution in [0.25, 0.3) is 0 Å². The molecule has 1 amide bonds. The van der Waals surface area contributed by atoms with Crippen LogP contribution in [-0.4, -0.2) is 49.4 Å². The second kappa shape index (κ2) is 8.46. The molecule has 1 aliphatic heterocycles. The van der Waals surface area contributed by atoms with Gasteiger partial charge in [0.2, 0.25) is 0 Å². The number of nitrogens with one attached hydrogen (secondary N) is 1. The number of hydrogen-bond acceptors (Lipinski definition) is 6. The van der Waals surface area contributed by atoms with Crippen molar-refractivity contribution in [3.05, 3.63) is 45.8 Å². The van der Waals surface area contributed by atoms with Crippen LogP contribution >= 0.6 is 15.9 Å². The Kier molecular flexibility index (Phi) is 6.06. The van der Waals surface area contributed by atoms with Crippen LogP contribution in [0.5, 0.6) is 5.75 Å². The maximum atomic E-state index is 12.3. The summed E-state index contributed by atoms with van der Waals surface area (Å²) in [5.74, 6) is 1.11. The van der Waals surface area contributed by atoms with Gasteiger partial charge in [0.25, 0.3) is 5.91 Å². The summed E-state index contributed by atoms with van der Waals surface area (Å²) in [7, 11) is 1.60. The zero-order chi connectivity index (χ0) is 17.6. The van der Waals surface area contributed by atoms with E-state index in [1.807, 2.05) is 18.2 Å². The first-order valence-electron chi connectivity index (χ1n) is 8.02. The maximum Gasteiger partial charge on any atom is 0.273 e. The first-order valence-corrected chi connectivity index (χ1v) is 8.81. The average molecular weight is 410 g/mol. The Morgan fingerprint density at radius 3 is 2.92 bits per heavy atom. The highest BCUT2D eigenvalue weighted by atomic mass is 79.9. The highest BCUT2D eigenvalue weighted by molar-refractivity contribution is 9.10. The van der Waals surface area contributed by atoms with Crippen molar-refractivity contribution in [1.29, 1.82) is 0 Å². The molecule has 2 aromatic rings. The minimum Gasteiger partial charge on any atom is -0.496 e. The number of amides is 1. The molecule has 0 aliphatic carbocycles. The highest BCUT2D eigenvalue weighted by Gasteiger charge is 2.17.